The fourth-order valence-electron chi connectivity index (χ4n) is 2.39. The highest BCUT2D eigenvalue weighted by Crippen LogP contribution is 2.19. The summed E-state index contributed by atoms with van der Waals surface area (Å²) in [5.41, 5.74) is 1.32. The van der Waals surface area contributed by atoms with E-state index in [0.717, 1.165) is 18.9 Å². The maximum absolute atomic E-state index is 4.68. The Morgan fingerprint density at radius 3 is 2.67 bits per heavy atom. The van der Waals surface area contributed by atoms with E-state index in [1.807, 2.05) is 0 Å². The Kier molecular flexibility index (Phi) is 4.37. The highest BCUT2D eigenvalue weighted by molar-refractivity contribution is 5.89. The third kappa shape index (κ3) is 2.91. The first kappa shape index (κ1) is 13.1. The lowest BCUT2D eigenvalue weighted by molar-refractivity contribution is 0.489. The van der Waals surface area contributed by atoms with Gasteiger partial charge in [0.2, 0.25) is 0 Å². The average molecular weight is 245 g/mol. The van der Waals surface area contributed by atoms with Crippen LogP contribution >= 0.6 is 0 Å². The van der Waals surface area contributed by atoms with E-state index in [0.29, 0.717) is 18.0 Å². The minimum Gasteiger partial charge on any atom is -0.364 e. The molecule has 0 saturated heterocycles. The van der Waals surface area contributed by atoms with Crippen LogP contribution in [0, 0.1) is 5.92 Å². The zero-order valence-electron chi connectivity index (χ0n) is 11.5. The van der Waals surface area contributed by atoms with Gasteiger partial charge >= 0.3 is 0 Å². The van der Waals surface area contributed by atoms with Crippen molar-refractivity contribution in [1.82, 2.24) is 10.6 Å². The summed E-state index contributed by atoms with van der Waals surface area (Å²) in [5.74, 6) is 1.66. The van der Waals surface area contributed by atoms with Crippen molar-refractivity contribution in [3.63, 3.8) is 0 Å². The monoisotopic (exact) mass is 245 g/mol. The highest BCUT2D eigenvalue weighted by atomic mass is 15.1. The van der Waals surface area contributed by atoms with Gasteiger partial charge in [-0.15, -0.1) is 0 Å². The Bertz CT molecular complexity index is 397. The molecule has 0 saturated carbocycles. The number of amidine groups is 1. The smallest absolute Gasteiger partial charge is 0.114 e. The van der Waals surface area contributed by atoms with Gasteiger partial charge in [0.05, 0.1) is 18.6 Å². The molecule has 3 heteroatoms. The Morgan fingerprint density at radius 2 is 2.06 bits per heavy atom. The Hall–Kier alpha value is -1.35. The van der Waals surface area contributed by atoms with E-state index in [2.05, 4.69) is 66.7 Å². The molecule has 0 fully saturated rings. The molecule has 18 heavy (non-hydrogen) atoms. The van der Waals surface area contributed by atoms with E-state index >= 15 is 0 Å². The Balaban J connectivity index is 2.02. The number of nitrogens with one attached hydrogen (secondary N) is 2. The molecule has 1 aliphatic rings. The predicted molar refractivity (Wildman–Crippen MR) is 76.9 cm³/mol. The molecule has 2 N–H and O–H groups in total. The average Bonchev–Trinajstić information content (AvgIpc) is 2.86. The van der Waals surface area contributed by atoms with Crippen LogP contribution in [-0.4, -0.2) is 25.0 Å². The first-order valence-corrected chi connectivity index (χ1v) is 6.81. The van der Waals surface area contributed by atoms with Gasteiger partial charge in [-0.2, -0.15) is 0 Å². The third-order valence-corrected chi connectivity index (χ3v) is 3.35. The number of hydrogen-bond acceptors (Lipinski definition) is 3. The van der Waals surface area contributed by atoms with E-state index in [4.69, 9.17) is 0 Å². The number of rotatable bonds is 5. The molecule has 1 aromatic carbocycles. The molecule has 2 rings (SSSR count). The van der Waals surface area contributed by atoms with E-state index in [9.17, 15) is 0 Å². The number of likely N-dealkylation sites (N-methyl/N-ethyl adjacent to an activating group) is 1. The summed E-state index contributed by atoms with van der Waals surface area (Å²) < 4.78 is 0. The molecule has 3 nitrogen and oxygen atoms in total. The van der Waals surface area contributed by atoms with Crippen LogP contribution in [0.3, 0.4) is 0 Å². The summed E-state index contributed by atoms with van der Waals surface area (Å²) in [5, 5.41) is 7.06. The van der Waals surface area contributed by atoms with Gasteiger partial charge in [-0.3, -0.25) is 4.99 Å². The number of nitrogens with zero attached hydrogens (tertiary/aromatic N) is 1. The molecule has 1 unspecified atom stereocenters. The lowest BCUT2D eigenvalue weighted by atomic mass is 10.0. The molecule has 0 bridgehead atoms. The summed E-state index contributed by atoms with van der Waals surface area (Å²) in [4.78, 5) is 4.68. The van der Waals surface area contributed by atoms with Crippen molar-refractivity contribution in [2.75, 3.05) is 13.1 Å². The summed E-state index contributed by atoms with van der Waals surface area (Å²) >= 11 is 0. The van der Waals surface area contributed by atoms with Crippen molar-refractivity contribution in [3.05, 3.63) is 35.9 Å². The molecule has 0 amide bonds. The second-order valence-corrected chi connectivity index (χ2v) is 5.11. The lowest BCUT2D eigenvalue weighted by Crippen LogP contribution is -2.46. The van der Waals surface area contributed by atoms with E-state index in [1.165, 1.54) is 5.56 Å². The first-order chi connectivity index (χ1) is 8.72. The fourth-order valence-corrected chi connectivity index (χ4v) is 2.39. The van der Waals surface area contributed by atoms with Gasteiger partial charge in [-0.1, -0.05) is 51.1 Å². The molecule has 2 atom stereocenters. The maximum atomic E-state index is 4.68. The lowest BCUT2D eigenvalue weighted by Gasteiger charge is -2.23. The van der Waals surface area contributed by atoms with Crippen LogP contribution in [0.2, 0.25) is 0 Å². The molecular weight excluding hydrogens is 222 g/mol. The van der Waals surface area contributed by atoms with E-state index in [1.54, 1.807) is 0 Å². The van der Waals surface area contributed by atoms with Crippen LogP contribution in [0.4, 0.5) is 0 Å². The minimum absolute atomic E-state index is 0.334. The van der Waals surface area contributed by atoms with Crippen molar-refractivity contribution in [1.29, 1.82) is 0 Å². The van der Waals surface area contributed by atoms with E-state index in [-0.39, 0.29) is 0 Å². The van der Waals surface area contributed by atoms with Crippen LogP contribution in [-0.2, 0) is 0 Å². The van der Waals surface area contributed by atoms with Crippen molar-refractivity contribution >= 4 is 5.84 Å². The molecule has 98 valence electrons. The maximum Gasteiger partial charge on any atom is 0.114 e. The van der Waals surface area contributed by atoms with Crippen molar-refractivity contribution in [2.45, 2.75) is 32.9 Å². The second-order valence-electron chi connectivity index (χ2n) is 5.11. The quantitative estimate of drug-likeness (QED) is 0.835. The van der Waals surface area contributed by atoms with Crippen LogP contribution < -0.4 is 10.6 Å². The number of hydrogen-bond donors (Lipinski definition) is 2. The predicted octanol–water partition coefficient (Wildman–Crippen LogP) is 2.36. The molecular formula is C15H23N3. The molecule has 0 spiro atoms. The topological polar surface area (TPSA) is 36.4 Å². The molecule has 1 heterocycles. The van der Waals surface area contributed by atoms with Gasteiger partial charge in [0.25, 0.3) is 0 Å². The van der Waals surface area contributed by atoms with Crippen LogP contribution in [0.5, 0.6) is 0 Å². The zero-order valence-corrected chi connectivity index (χ0v) is 11.5. The molecule has 0 aliphatic carbocycles. The number of aliphatic imine (C=N–C) groups is 1. The minimum atomic E-state index is 0.334. The van der Waals surface area contributed by atoms with E-state index < -0.39 is 0 Å². The molecule has 1 aliphatic heterocycles. The SMILES string of the molecule is CCN[C@H](C1=NCC(c2ccccc2)N1)C(C)C. The summed E-state index contributed by atoms with van der Waals surface area (Å²) in [6, 6.07) is 11.2. The third-order valence-electron chi connectivity index (χ3n) is 3.35. The Morgan fingerprint density at radius 1 is 1.33 bits per heavy atom. The van der Waals surface area contributed by atoms with Crippen molar-refractivity contribution in [3.8, 4) is 0 Å². The van der Waals surface area contributed by atoms with Gasteiger partial charge in [0.15, 0.2) is 0 Å². The van der Waals surface area contributed by atoms with Crippen molar-refractivity contribution in [2.24, 2.45) is 10.9 Å². The van der Waals surface area contributed by atoms with Gasteiger partial charge in [0, 0.05) is 0 Å². The number of benzene rings is 1. The molecule has 1 aromatic rings. The largest absolute Gasteiger partial charge is 0.364 e. The molecule has 0 radical (unpaired) electrons. The van der Waals surface area contributed by atoms with Gasteiger partial charge in [0.1, 0.15) is 5.84 Å². The Labute approximate surface area is 110 Å². The van der Waals surface area contributed by atoms with Gasteiger partial charge < -0.3 is 10.6 Å². The second kappa shape index (κ2) is 6.01. The summed E-state index contributed by atoms with van der Waals surface area (Å²) in [7, 11) is 0. The van der Waals surface area contributed by atoms with Gasteiger partial charge in [-0.25, -0.2) is 0 Å². The highest BCUT2D eigenvalue weighted by Gasteiger charge is 2.26. The summed E-state index contributed by atoms with van der Waals surface area (Å²) in [6.45, 7) is 8.41. The molecule has 0 aromatic heterocycles. The van der Waals surface area contributed by atoms with Crippen LogP contribution in [0.1, 0.15) is 32.4 Å². The van der Waals surface area contributed by atoms with Crippen LogP contribution in [0.15, 0.2) is 35.3 Å². The first-order valence-electron chi connectivity index (χ1n) is 6.81. The van der Waals surface area contributed by atoms with Gasteiger partial charge in [-0.05, 0) is 18.0 Å². The fraction of sp³-hybridized carbons (Fsp3) is 0.533. The standard InChI is InChI=1S/C15H23N3/c1-4-16-14(11(2)3)15-17-10-13(18-15)12-8-6-5-7-9-12/h5-9,11,13-14,16H,4,10H2,1-3H3,(H,17,18)/t13?,14-/m0/s1. The normalized spacial score (nSPS) is 20.7. The summed E-state index contributed by atoms with van der Waals surface area (Å²) in [6.07, 6.45) is 0. The zero-order chi connectivity index (χ0) is 13.0. The van der Waals surface area contributed by atoms with Crippen molar-refractivity contribution < 1.29 is 0 Å². The van der Waals surface area contributed by atoms with Crippen LogP contribution in [0.25, 0.3) is 0 Å².